The Bertz CT molecular complexity index is 816. The van der Waals surface area contributed by atoms with E-state index in [2.05, 4.69) is 20.9 Å². The topological polar surface area (TPSA) is 53.1 Å². The molecule has 6 heteroatoms. The smallest absolute Gasteiger partial charge is 0.201 e. The summed E-state index contributed by atoms with van der Waals surface area (Å²) in [6, 6.07) is 10.9. The summed E-state index contributed by atoms with van der Waals surface area (Å²) in [6.45, 7) is 0.552. The molecule has 1 heterocycles. The molecule has 3 rings (SSSR count). The molecule has 0 atom stereocenters. The molecule has 21 heavy (non-hydrogen) atoms. The van der Waals surface area contributed by atoms with Crippen molar-refractivity contribution in [2.45, 2.75) is 6.54 Å². The Morgan fingerprint density at radius 3 is 2.86 bits per heavy atom. The van der Waals surface area contributed by atoms with Crippen molar-refractivity contribution in [3.05, 3.63) is 52.3 Å². The maximum Gasteiger partial charge on any atom is 0.201 e. The zero-order chi connectivity index (χ0) is 15.0. The third-order valence-corrected chi connectivity index (χ3v) is 3.77. The molecule has 0 aliphatic rings. The quantitative estimate of drug-likeness (QED) is 0.786. The highest BCUT2D eigenvalue weighted by atomic mass is 79.9. The lowest BCUT2D eigenvalue weighted by Gasteiger charge is -2.08. The van der Waals surface area contributed by atoms with Crippen LogP contribution in [0.1, 0.15) is 5.56 Å². The Hall–Kier alpha value is -2.08. The van der Waals surface area contributed by atoms with Crippen LogP contribution in [-0.4, -0.2) is 16.7 Å². The summed E-state index contributed by atoms with van der Waals surface area (Å²) in [5.41, 5.74) is 8.28. The molecule has 4 nitrogen and oxygen atoms in total. The van der Waals surface area contributed by atoms with E-state index < -0.39 is 5.82 Å². The molecule has 0 saturated heterocycles. The van der Waals surface area contributed by atoms with Crippen LogP contribution in [-0.2, 0) is 6.54 Å². The molecule has 0 aliphatic heterocycles. The number of hydrogen-bond acceptors (Lipinski definition) is 3. The zero-order valence-electron chi connectivity index (χ0n) is 11.3. The van der Waals surface area contributed by atoms with Crippen LogP contribution >= 0.6 is 15.9 Å². The monoisotopic (exact) mass is 349 g/mol. The standard InChI is InChI=1S/C15H13BrFN3O/c1-21-14-7-13-12(6-11(14)17)19-15(18)20(13)8-9-3-2-4-10(16)5-9/h2-7H,8H2,1H3,(H2,18,19). The molecule has 0 unspecified atom stereocenters. The molecule has 1 aromatic heterocycles. The van der Waals surface area contributed by atoms with Gasteiger partial charge in [-0.25, -0.2) is 9.37 Å². The summed E-state index contributed by atoms with van der Waals surface area (Å²) in [7, 11) is 1.43. The molecule has 0 fully saturated rings. The van der Waals surface area contributed by atoms with Crippen LogP contribution in [0, 0.1) is 5.82 Å². The highest BCUT2D eigenvalue weighted by Gasteiger charge is 2.13. The van der Waals surface area contributed by atoms with E-state index in [1.807, 2.05) is 28.8 Å². The molecule has 0 spiro atoms. The molecule has 2 N–H and O–H groups in total. The lowest BCUT2D eigenvalue weighted by atomic mass is 10.2. The molecular formula is C15H13BrFN3O. The summed E-state index contributed by atoms with van der Waals surface area (Å²) in [6.07, 6.45) is 0. The van der Waals surface area contributed by atoms with Crippen molar-refractivity contribution in [3.63, 3.8) is 0 Å². The number of ether oxygens (including phenoxy) is 1. The average molecular weight is 350 g/mol. The molecule has 3 aromatic rings. The van der Waals surface area contributed by atoms with E-state index in [-0.39, 0.29) is 5.75 Å². The number of imidazole rings is 1. The zero-order valence-corrected chi connectivity index (χ0v) is 12.9. The molecular weight excluding hydrogens is 337 g/mol. The van der Waals surface area contributed by atoms with Crippen LogP contribution in [0.3, 0.4) is 0 Å². The van der Waals surface area contributed by atoms with E-state index >= 15 is 0 Å². The van der Waals surface area contributed by atoms with Gasteiger partial charge < -0.3 is 15.0 Å². The fourth-order valence-corrected chi connectivity index (χ4v) is 2.73. The van der Waals surface area contributed by atoms with E-state index in [9.17, 15) is 4.39 Å². The van der Waals surface area contributed by atoms with E-state index in [1.54, 1.807) is 6.07 Å². The third kappa shape index (κ3) is 2.58. The normalized spacial score (nSPS) is 11.0. The fourth-order valence-electron chi connectivity index (χ4n) is 2.29. The summed E-state index contributed by atoms with van der Waals surface area (Å²) in [5.74, 6) is 0.0765. The summed E-state index contributed by atoms with van der Waals surface area (Å²) in [5, 5.41) is 0. The van der Waals surface area contributed by atoms with E-state index in [0.717, 1.165) is 15.6 Å². The number of methoxy groups -OCH3 is 1. The first-order valence-corrected chi connectivity index (χ1v) is 7.11. The Morgan fingerprint density at radius 2 is 2.14 bits per heavy atom. The molecule has 0 aliphatic carbocycles. The maximum absolute atomic E-state index is 13.7. The van der Waals surface area contributed by atoms with Crippen LogP contribution in [0.25, 0.3) is 11.0 Å². The molecule has 0 radical (unpaired) electrons. The van der Waals surface area contributed by atoms with Crippen molar-refractivity contribution >= 4 is 32.9 Å². The van der Waals surface area contributed by atoms with Crippen LogP contribution < -0.4 is 10.5 Å². The summed E-state index contributed by atoms with van der Waals surface area (Å²) in [4.78, 5) is 4.20. The first kappa shape index (κ1) is 13.9. The van der Waals surface area contributed by atoms with Crippen molar-refractivity contribution in [2.24, 2.45) is 0 Å². The number of nitrogens with two attached hydrogens (primary N) is 1. The van der Waals surface area contributed by atoms with Gasteiger partial charge in [0, 0.05) is 16.6 Å². The predicted molar refractivity (Wildman–Crippen MR) is 83.9 cm³/mol. The lowest BCUT2D eigenvalue weighted by Crippen LogP contribution is -2.04. The van der Waals surface area contributed by atoms with Gasteiger partial charge in [-0.1, -0.05) is 28.1 Å². The summed E-state index contributed by atoms with van der Waals surface area (Å²) < 4.78 is 21.6. The highest BCUT2D eigenvalue weighted by molar-refractivity contribution is 9.10. The van der Waals surface area contributed by atoms with Crippen molar-refractivity contribution < 1.29 is 9.13 Å². The van der Waals surface area contributed by atoms with Gasteiger partial charge in [0.2, 0.25) is 5.95 Å². The van der Waals surface area contributed by atoms with E-state index in [0.29, 0.717) is 18.0 Å². The lowest BCUT2D eigenvalue weighted by molar-refractivity contribution is 0.387. The van der Waals surface area contributed by atoms with Crippen LogP contribution in [0.2, 0.25) is 0 Å². The number of fused-ring (bicyclic) bond motifs is 1. The Morgan fingerprint density at radius 1 is 1.33 bits per heavy atom. The third-order valence-electron chi connectivity index (χ3n) is 3.28. The molecule has 0 amide bonds. The van der Waals surface area contributed by atoms with Crippen molar-refractivity contribution in [1.82, 2.24) is 9.55 Å². The predicted octanol–water partition coefficient (Wildman–Crippen LogP) is 3.58. The van der Waals surface area contributed by atoms with E-state index in [1.165, 1.54) is 13.2 Å². The molecule has 0 saturated carbocycles. The van der Waals surface area contributed by atoms with Crippen LogP contribution in [0.15, 0.2) is 40.9 Å². The number of nitrogens with zero attached hydrogens (tertiary/aromatic N) is 2. The SMILES string of the molecule is COc1cc2c(cc1F)nc(N)n2Cc1cccc(Br)c1. The highest BCUT2D eigenvalue weighted by Crippen LogP contribution is 2.27. The summed E-state index contributed by atoms with van der Waals surface area (Å²) >= 11 is 3.44. The minimum atomic E-state index is -0.447. The second-order valence-corrected chi connectivity index (χ2v) is 5.58. The largest absolute Gasteiger partial charge is 0.494 e. The van der Waals surface area contributed by atoms with Gasteiger partial charge in [0.25, 0.3) is 0 Å². The Kier molecular flexibility index (Phi) is 3.55. The fraction of sp³-hybridized carbons (Fsp3) is 0.133. The molecule has 2 aromatic carbocycles. The Balaban J connectivity index is 2.11. The van der Waals surface area contributed by atoms with Crippen molar-refractivity contribution in [3.8, 4) is 5.75 Å². The number of nitrogen functional groups attached to an aromatic ring is 1. The number of aromatic nitrogens is 2. The van der Waals surface area contributed by atoms with Crippen LogP contribution in [0.4, 0.5) is 10.3 Å². The van der Waals surface area contributed by atoms with Gasteiger partial charge in [0.15, 0.2) is 11.6 Å². The van der Waals surface area contributed by atoms with Gasteiger partial charge in [0.05, 0.1) is 24.7 Å². The van der Waals surface area contributed by atoms with Gasteiger partial charge in [-0.3, -0.25) is 0 Å². The van der Waals surface area contributed by atoms with Gasteiger partial charge in [-0.05, 0) is 17.7 Å². The number of anilines is 1. The minimum Gasteiger partial charge on any atom is -0.494 e. The number of benzene rings is 2. The maximum atomic E-state index is 13.7. The Labute approximate surface area is 129 Å². The van der Waals surface area contributed by atoms with Crippen molar-refractivity contribution in [2.75, 3.05) is 12.8 Å². The second-order valence-electron chi connectivity index (χ2n) is 4.66. The van der Waals surface area contributed by atoms with Crippen LogP contribution in [0.5, 0.6) is 5.75 Å². The van der Waals surface area contributed by atoms with E-state index in [4.69, 9.17) is 10.5 Å². The number of hydrogen-bond donors (Lipinski definition) is 1. The second kappa shape index (κ2) is 5.37. The average Bonchev–Trinajstić information content (AvgIpc) is 2.73. The molecule has 108 valence electrons. The minimum absolute atomic E-state index is 0.179. The van der Waals surface area contributed by atoms with Gasteiger partial charge in [-0.15, -0.1) is 0 Å². The van der Waals surface area contributed by atoms with Crippen molar-refractivity contribution in [1.29, 1.82) is 0 Å². The van der Waals surface area contributed by atoms with Gasteiger partial charge in [0.1, 0.15) is 0 Å². The molecule has 0 bridgehead atoms. The first-order chi connectivity index (χ1) is 10.1. The number of halogens is 2. The van der Waals surface area contributed by atoms with Gasteiger partial charge in [-0.2, -0.15) is 0 Å². The van der Waals surface area contributed by atoms with Gasteiger partial charge >= 0.3 is 0 Å². The first-order valence-electron chi connectivity index (χ1n) is 6.32. The number of rotatable bonds is 3.